The maximum absolute atomic E-state index is 10.8. The summed E-state index contributed by atoms with van der Waals surface area (Å²) in [5.41, 5.74) is 0. The van der Waals surface area contributed by atoms with Crippen LogP contribution in [0.3, 0.4) is 0 Å². The molecule has 0 bridgehead atoms. The molecule has 0 aliphatic heterocycles. The fourth-order valence-electron chi connectivity index (χ4n) is 0.654. The molecule has 1 aromatic rings. The van der Waals surface area contributed by atoms with Crippen molar-refractivity contribution < 1.29 is 14.3 Å². The van der Waals surface area contributed by atoms with Gasteiger partial charge in [0.25, 0.3) is 0 Å². The first kappa shape index (κ1) is 6.86. The molecule has 0 unspecified atom stereocenters. The molecule has 0 radical (unpaired) electrons. The highest BCUT2D eigenvalue weighted by atomic mass is 16.5. The van der Waals surface area contributed by atoms with Gasteiger partial charge in [-0.15, -0.1) is 0 Å². The van der Waals surface area contributed by atoms with Crippen molar-refractivity contribution in [1.82, 2.24) is 0 Å². The molecule has 0 aliphatic carbocycles. The lowest BCUT2D eigenvalue weighted by molar-refractivity contribution is -0.272. The summed E-state index contributed by atoms with van der Waals surface area (Å²) in [7, 11) is 1.45. The largest absolute Gasteiger partial charge is 0.864 e. The van der Waals surface area contributed by atoms with Crippen LogP contribution in [0.15, 0.2) is 16.7 Å². The minimum Gasteiger partial charge on any atom is -0.864 e. The molecule has 1 rings (SSSR count). The van der Waals surface area contributed by atoms with E-state index in [0.717, 1.165) is 6.26 Å². The molecule has 10 heavy (non-hydrogen) atoms. The summed E-state index contributed by atoms with van der Waals surface area (Å²) in [6.07, 6.45) is 1.13. The summed E-state index contributed by atoms with van der Waals surface area (Å²) < 4.78 is 9.56. The van der Waals surface area contributed by atoms with E-state index in [2.05, 4.69) is 0 Å². The van der Waals surface area contributed by atoms with Gasteiger partial charge in [0.15, 0.2) is 0 Å². The number of ether oxygens (including phenoxy) is 1. The summed E-state index contributed by atoms with van der Waals surface area (Å²) in [6.45, 7) is 1.75. The normalized spacial score (nSPS) is 9.40. The van der Waals surface area contributed by atoms with Gasteiger partial charge in [0.2, 0.25) is 0 Å². The molecule has 0 atom stereocenters. The fraction of sp³-hybridized carbons (Fsp3) is 0.286. The van der Waals surface area contributed by atoms with Crippen LogP contribution < -0.4 is 9.84 Å². The molecule has 0 fully saturated rings. The molecular weight excluding hydrogens is 132 g/mol. The lowest BCUT2D eigenvalue weighted by atomic mass is 10.4. The van der Waals surface area contributed by atoms with Crippen LogP contribution in [0.25, 0.3) is 0 Å². The highest BCUT2D eigenvalue weighted by molar-refractivity contribution is 5.34. The number of aryl methyl sites for hydroxylation is 1. The van der Waals surface area contributed by atoms with E-state index < -0.39 is 0 Å². The maximum atomic E-state index is 10.8. The van der Waals surface area contributed by atoms with E-state index in [1.54, 1.807) is 13.0 Å². The first-order valence-electron chi connectivity index (χ1n) is 2.87. The predicted molar refractivity (Wildman–Crippen MR) is 33.9 cm³/mol. The third-order valence-electron chi connectivity index (χ3n) is 1.15. The third kappa shape index (κ3) is 1.18. The molecule has 0 N–H and O–H groups in total. The van der Waals surface area contributed by atoms with E-state index in [4.69, 9.17) is 9.15 Å². The van der Waals surface area contributed by atoms with Gasteiger partial charge < -0.3 is 9.84 Å². The van der Waals surface area contributed by atoms with Crippen LogP contribution in [-0.2, 0) is 0 Å². The van der Waals surface area contributed by atoms with E-state index in [1.165, 1.54) is 7.11 Å². The Morgan fingerprint density at radius 3 is 2.80 bits per heavy atom. The number of methoxy groups -OCH3 is 1. The predicted octanol–water partition coefficient (Wildman–Crippen LogP) is 0.951. The summed E-state index contributed by atoms with van der Waals surface area (Å²) in [6, 6.07) is 1.56. The lowest BCUT2D eigenvalue weighted by Crippen LogP contribution is -1.94. The fourth-order valence-corrected chi connectivity index (χ4v) is 0.654. The van der Waals surface area contributed by atoms with Crippen molar-refractivity contribution >= 4 is 0 Å². The van der Waals surface area contributed by atoms with Crippen LogP contribution in [-0.4, -0.2) is 7.11 Å². The second-order valence-electron chi connectivity index (χ2n) is 1.92. The number of hydrogen-bond acceptors (Lipinski definition) is 2. The molecule has 1 heterocycles. The molecule has 0 aliphatic rings. The van der Waals surface area contributed by atoms with Gasteiger partial charge >= 0.3 is 12.0 Å². The van der Waals surface area contributed by atoms with Gasteiger partial charge in [-0.05, 0) is 0 Å². The van der Waals surface area contributed by atoms with Crippen molar-refractivity contribution in [2.75, 3.05) is 7.11 Å². The third-order valence-corrected chi connectivity index (χ3v) is 1.15. The lowest BCUT2D eigenvalue weighted by Gasteiger charge is -2.04. The smallest absolute Gasteiger partial charge is 0.329 e. The highest BCUT2D eigenvalue weighted by Crippen LogP contribution is 2.22. The summed E-state index contributed by atoms with van der Waals surface area (Å²) in [4.78, 5) is 0. The van der Waals surface area contributed by atoms with Crippen LogP contribution in [0.5, 0.6) is 11.5 Å². The standard InChI is InChI=1S/C7H8O3/c1-5-3-7(9-2)6(8)4-10-5/h3-4H,1-2H3. The van der Waals surface area contributed by atoms with Crippen molar-refractivity contribution in [2.24, 2.45) is 0 Å². The van der Waals surface area contributed by atoms with Gasteiger partial charge in [0.05, 0.1) is 20.1 Å². The number of hydrogen-bond donors (Lipinski definition) is 0. The van der Waals surface area contributed by atoms with Gasteiger partial charge in [0.1, 0.15) is 5.75 Å². The molecule has 3 heteroatoms. The first-order valence-corrected chi connectivity index (χ1v) is 2.87. The molecular formula is C7H8O3. The molecule has 0 spiro atoms. The Bertz CT molecular complexity index is 232. The van der Waals surface area contributed by atoms with E-state index in [-0.39, 0.29) is 5.75 Å². The minimum atomic E-state index is -0.229. The van der Waals surface area contributed by atoms with E-state index in [9.17, 15) is 5.11 Å². The average molecular weight is 140 g/mol. The Balaban J connectivity index is 3.09. The zero-order chi connectivity index (χ0) is 7.56. The Labute approximate surface area is 58.9 Å². The van der Waals surface area contributed by atoms with Gasteiger partial charge in [0, 0.05) is 5.75 Å². The first-order chi connectivity index (χ1) is 4.74. The van der Waals surface area contributed by atoms with Crippen LogP contribution in [0, 0.1) is 6.92 Å². The molecule has 0 aromatic carbocycles. The van der Waals surface area contributed by atoms with E-state index >= 15 is 0 Å². The zero-order valence-corrected chi connectivity index (χ0v) is 5.88. The topological polar surface area (TPSA) is 43.6 Å². The Hall–Kier alpha value is -1.25. The van der Waals surface area contributed by atoms with Crippen LogP contribution in [0.4, 0.5) is 0 Å². The number of rotatable bonds is 1. The summed E-state index contributed by atoms with van der Waals surface area (Å²) in [5, 5.41) is 10.8. The van der Waals surface area contributed by atoms with Crippen LogP contribution in [0.1, 0.15) is 5.76 Å². The van der Waals surface area contributed by atoms with Crippen molar-refractivity contribution in [2.45, 2.75) is 6.92 Å². The SMILES string of the molecule is COc1cc(C)[o+]cc1[O-]. The monoisotopic (exact) mass is 140 g/mol. The zero-order valence-electron chi connectivity index (χ0n) is 5.88. The highest BCUT2D eigenvalue weighted by Gasteiger charge is 2.03. The maximum Gasteiger partial charge on any atom is 0.329 e. The summed E-state index contributed by atoms with van der Waals surface area (Å²) >= 11 is 0. The Kier molecular flexibility index (Phi) is 1.76. The average Bonchev–Trinajstić information content (AvgIpc) is 1.94. The molecule has 54 valence electrons. The van der Waals surface area contributed by atoms with Gasteiger partial charge in [-0.1, -0.05) is 0 Å². The van der Waals surface area contributed by atoms with E-state index in [1.807, 2.05) is 0 Å². The quantitative estimate of drug-likeness (QED) is 0.545. The molecule has 0 saturated carbocycles. The molecule has 1 aromatic heterocycles. The summed E-state index contributed by atoms with van der Waals surface area (Å²) in [5.74, 6) is 0.758. The van der Waals surface area contributed by atoms with Crippen LogP contribution >= 0.6 is 0 Å². The molecule has 0 amide bonds. The van der Waals surface area contributed by atoms with Crippen molar-refractivity contribution in [3.05, 3.63) is 18.1 Å². The van der Waals surface area contributed by atoms with Gasteiger partial charge in [-0.3, -0.25) is 0 Å². The van der Waals surface area contributed by atoms with E-state index in [0.29, 0.717) is 11.5 Å². The van der Waals surface area contributed by atoms with Crippen molar-refractivity contribution in [3.63, 3.8) is 0 Å². The van der Waals surface area contributed by atoms with Gasteiger partial charge in [-0.2, -0.15) is 0 Å². The van der Waals surface area contributed by atoms with Crippen LogP contribution in [0.2, 0.25) is 0 Å². The van der Waals surface area contributed by atoms with Gasteiger partial charge in [-0.25, -0.2) is 4.42 Å². The minimum absolute atomic E-state index is 0.229. The molecule has 3 nitrogen and oxygen atoms in total. The van der Waals surface area contributed by atoms with Crippen molar-refractivity contribution in [3.8, 4) is 11.5 Å². The second-order valence-corrected chi connectivity index (χ2v) is 1.92. The Morgan fingerprint density at radius 1 is 1.60 bits per heavy atom. The molecule has 0 saturated heterocycles. The second kappa shape index (κ2) is 2.56. The van der Waals surface area contributed by atoms with Crippen molar-refractivity contribution in [1.29, 1.82) is 0 Å². The Morgan fingerprint density at radius 2 is 2.30 bits per heavy atom.